The summed E-state index contributed by atoms with van der Waals surface area (Å²) in [7, 11) is 0. The van der Waals surface area contributed by atoms with Crippen molar-refractivity contribution in [1.82, 2.24) is 0 Å². The smallest absolute Gasteiger partial charge is 0.234 e. The number of benzene rings is 2. The SMILES string of the molecule is O=C1C(=O)c2ccc(C(O)C(O)CCBr)cc2-c2ccccc21. The monoisotopic (exact) mass is 374 g/mol. The van der Waals surface area contributed by atoms with Crippen LogP contribution >= 0.6 is 15.9 Å². The molecule has 0 saturated carbocycles. The van der Waals surface area contributed by atoms with Gasteiger partial charge in [0.05, 0.1) is 6.10 Å². The average Bonchev–Trinajstić information content (AvgIpc) is 2.58. The number of fused-ring (bicyclic) bond motifs is 3. The second-order valence-corrected chi connectivity index (χ2v) is 6.29. The summed E-state index contributed by atoms with van der Waals surface area (Å²) < 4.78 is 0. The van der Waals surface area contributed by atoms with Crippen molar-refractivity contribution in [3.05, 3.63) is 59.2 Å². The number of carbonyl (C=O) groups excluding carboxylic acids is 2. The van der Waals surface area contributed by atoms with E-state index in [1.165, 1.54) is 0 Å². The largest absolute Gasteiger partial charge is 0.390 e. The lowest BCUT2D eigenvalue weighted by Crippen LogP contribution is -2.22. The van der Waals surface area contributed by atoms with Crippen molar-refractivity contribution in [3.8, 4) is 11.1 Å². The number of ketones is 2. The van der Waals surface area contributed by atoms with E-state index in [1.54, 1.807) is 42.5 Å². The van der Waals surface area contributed by atoms with Gasteiger partial charge in [-0.05, 0) is 35.2 Å². The Labute approximate surface area is 141 Å². The van der Waals surface area contributed by atoms with Crippen LogP contribution in [0.4, 0.5) is 0 Å². The first-order valence-corrected chi connectivity index (χ1v) is 8.41. The Kier molecular flexibility index (Phi) is 4.43. The van der Waals surface area contributed by atoms with Gasteiger partial charge < -0.3 is 10.2 Å². The number of aliphatic hydroxyl groups excluding tert-OH is 2. The fraction of sp³-hybridized carbons (Fsp3) is 0.222. The van der Waals surface area contributed by atoms with Crippen LogP contribution in [0.5, 0.6) is 0 Å². The Bertz CT molecular complexity index is 784. The summed E-state index contributed by atoms with van der Waals surface area (Å²) in [5, 5.41) is 20.8. The van der Waals surface area contributed by atoms with E-state index in [0.717, 1.165) is 0 Å². The zero-order valence-corrected chi connectivity index (χ0v) is 13.8. The maximum Gasteiger partial charge on any atom is 0.234 e. The maximum atomic E-state index is 12.2. The first-order valence-electron chi connectivity index (χ1n) is 7.29. The van der Waals surface area contributed by atoms with E-state index < -0.39 is 23.8 Å². The summed E-state index contributed by atoms with van der Waals surface area (Å²) in [6.45, 7) is 0. The van der Waals surface area contributed by atoms with Gasteiger partial charge in [-0.15, -0.1) is 0 Å². The Balaban J connectivity index is 2.10. The van der Waals surface area contributed by atoms with E-state index in [1.807, 2.05) is 0 Å². The van der Waals surface area contributed by atoms with Gasteiger partial charge in [-0.2, -0.15) is 0 Å². The van der Waals surface area contributed by atoms with Crippen molar-refractivity contribution >= 4 is 27.5 Å². The maximum absolute atomic E-state index is 12.2. The van der Waals surface area contributed by atoms with Crippen molar-refractivity contribution in [3.63, 3.8) is 0 Å². The molecule has 0 aliphatic heterocycles. The molecule has 0 spiro atoms. The molecule has 4 nitrogen and oxygen atoms in total. The zero-order chi connectivity index (χ0) is 16.6. The molecule has 0 amide bonds. The van der Waals surface area contributed by atoms with Gasteiger partial charge >= 0.3 is 0 Å². The third kappa shape index (κ3) is 2.76. The highest BCUT2D eigenvalue weighted by atomic mass is 79.9. The summed E-state index contributed by atoms with van der Waals surface area (Å²) in [4.78, 5) is 24.4. The molecule has 5 heteroatoms. The average molecular weight is 375 g/mol. The van der Waals surface area contributed by atoms with Gasteiger partial charge in [0.2, 0.25) is 11.6 Å². The molecule has 0 radical (unpaired) electrons. The fourth-order valence-electron chi connectivity index (χ4n) is 2.82. The normalized spacial score (nSPS) is 15.8. The number of rotatable bonds is 4. The summed E-state index contributed by atoms with van der Waals surface area (Å²) in [6, 6.07) is 11.7. The van der Waals surface area contributed by atoms with Crippen molar-refractivity contribution < 1.29 is 19.8 Å². The minimum atomic E-state index is -1.04. The highest BCUT2D eigenvalue weighted by molar-refractivity contribution is 9.09. The van der Waals surface area contributed by atoms with Gasteiger partial charge in [0.25, 0.3) is 0 Å². The Hall–Kier alpha value is -1.82. The van der Waals surface area contributed by atoms with Crippen LogP contribution in [0.1, 0.15) is 38.8 Å². The molecule has 3 rings (SSSR count). The van der Waals surface area contributed by atoms with Crippen LogP contribution in [-0.4, -0.2) is 33.2 Å². The van der Waals surface area contributed by atoms with Crippen LogP contribution < -0.4 is 0 Å². The Morgan fingerprint density at radius 1 is 0.870 bits per heavy atom. The molecule has 118 valence electrons. The van der Waals surface area contributed by atoms with Gasteiger partial charge in [0.15, 0.2) is 0 Å². The molecular weight excluding hydrogens is 360 g/mol. The zero-order valence-electron chi connectivity index (χ0n) is 12.2. The predicted molar refractivity (Wildman–Crippen MR) is 89.9 cm³/mol. The van der Waals surface area contributed by atoms with Gasteiger partial charge in [-0.25, -0.2) is 0 Å². The number of Topliss-reactive ketones (excluding diaryl/α,β-unsaturated/α-hetero) is 2. The van der Waals surface area contributed by atoms with Crippen LogP contribution in [0, 0.1) is 0 Å². The van der Waals surface area contributed by atoms with Crippen molar-refractivity contribution in [2.24, 2.45) is 0 Å². The number of hydrogen-bond acceptors (Lipinski definition) is 4. The van der Waals surface area contributed by atoms with Crippen molar-refractivity contribution in [2.45, 2.75) is 18.6 Å². The molecule has 2 aromatic carbocycles. The lowest BCUT2D eigenvalue weighted by Gasteiger charge is -2.22. The minimum absolute atomic E-state index is 0.333. The van der Waals surface area contributed by atoms with Crippen LogP contribution in [0.25, 0.3) is 11.1 Å². The van der Waals surface area contributed by atoms with Crippen molar-refractivity contribution in [1.29, 1.82) is 0 Å². The topological polar surface area (TPSA) is 74.6 Å². The molecule has 0 aromatic heterocycles. The lowest BCUT2D eigenvalue weighted by molar-refractivity contribution is 0.0174. The molecule has 0 bridgehead atoms. The predicted octanol–water partition coefficient (Wildman–Crippen LogP) is 2.91. The molecule has 0 saturated heterocycles. The van der Waals surface area contributed by atoms with E-state index >= 15 is 0 Å². The van der Waals surface area contributed by atoms with Crippen LogP contribution in [0.3, 0.4) is 0 Å². The first kappa shape index (κ1) is 16.1. The number of aliphatic hydroxyl groups is 2. The summed E-state index contributed by atoms with van der Waals surface area (Å²) >= 11 is 3.23. The fourth-order valence-corrected chi connectivity index (χ4v) is 3.29. The van der Waals surface area contributed by atoms with E-state index in [0.29, 0.717) is 39.6 Å². The molecule has 2 N–H and O–H groups in total. The highest BCUT2D eigenvalue weighted by Gasteiger charge is 2.31. The molecule has 1 aliphatic rings. The van der Waals surface area contributed by atoms with Crippen LogP contribution in [0.2, 0.25) is 0 Å². The number of alkyl halides is 1. The number of halogens is 1. The second-order valence-electron chi connectivity index (χ2n) is 5.50. The van der Waals surface area contributed by atoms with E-state index in [4.69, 9.17) is 0 Å². The molecule has 2 unspecified atom stereocenters. The van der Waals surface area contributed by atoms with Crippen molar-refractivity contribution in [2.75, 3.05) is 5.33 Å². The molecule has 2 aromatic rings. The van der Waals surface area contributed by atoms with Gasteiger partial charge in [-0.3, -0.25) is 9.59 Å². The molecule has 23 heavy (non-hydrogen) atoms. The Morgan fingerprint density at radius 3 is 2.13 bits per heavy atom. The summed E-state index contributed by atoms with van der Waals surface area (Å²) in [6.07, 6.45) is -1.53. The number of hydrogen-bond donors (Lipinski definition) is 2. The van der Waals surface area contributed by atoms with Gasteiger partial charge in [0, 0.05) is 16.5 Å². The molecule has 0 fully saturated rings. The summed E-state index contributed by atoms with van der Waals surface area (Å²) in [5.41, 5.74) is 2.52. The van der Waals surface area contributed by atoms with Crippen LogP contribution in [0.15, 0.2) is 42.5 Å². The third-order valence-corrected chi connectivity index (χ3v) is 4.53. The standard InChI is InChI=1S/C18H15BrO4/c19-8-7-15(20)16(21)10-5-6-13-14(9-10)11-3-1-2-4-12(11)17(22)18(13)23/h1-6,9,15-16,20-21H,7-8H2. The van der Waals surface area contributed by atoms with E-state index in [9.17, 15) is 19.8 Å². The minimum Gasteiger partial charge on any atom is -0.390 e. The van der Waals surface area contributed by atoms with Gasteiger partial charge in [0.1, 0.15) is 6.10 Å². The number of carbonyl (C=O) groups is 2. The summed E-state index contributed by atoms with van der Waals surface area (Å²) in [5.74, 6) is -1.05. The molecule has 2 atom stereocenters. The van der Waals surface area contributed by atoms with Crippen LogP contribution in [-0.2, 0) is 0 Å². The molecule has 0 heterocycles. The molecule has 1 aliphatic carbocycles. The van der Waals surface area contributed by atoms with E-state index in [2.05, 4.69) is 15.9 Å². The second kappa shape index (κ2) is 6.35. The van der Waals surface area contributed by atoms with E-state index in [-0.39, 0.29) is 0 Å². The highest BCUT2D eigenvalue weighted by Crippen LogP contribution is 2.35. The third-order valence-electron chi connectivity index (χ3n) is 4.07. The quantitative estimate of drug-likeness (QED) is 0.637. The lowest BCUT2D eigenvalue weighted by atomic mass is 9.82. The first-order chi connectivity index (χ1) is 11.0. The van der Waals surface area contributed by atoms with Gasteiger partial charge in [-0.1, -0.05) is 46.3 Å². The Morgan fingerprint density at radius 2 is 1.48 bits per heavy atom. The molecular formula is C18H15BrO4.